The van der Waals surface area contributed by atoms with Crippen molar-refractivity contribution in [3.63, 3.8) is 0 Å². The smallest absolute Gasteiger partial charge is 0.220 e. The molecule has 0 radical (unpaired) electrons. The maximum absolute atomic E-state index is 12.3. The van der Waals surface area contributed by atoms with Crippen molar-refractivity contribution in [1.82, 2.24) is 10.6 Å². The third-order valence-electron chi connectivity index (χ3n) is 5.18. The number of thiophene rings is 1. The molecule has 0 aliphatic carbocycles. The summed E-state index contributed by atoms with van der Waals surface area (Å²) < 4.78 is 5.20. The van der Waals surface area contributed by atoms with Crippen molar-refractivity contribution in [2.45, 2.75) is 32.7 Å². The Balaban J connectivity index is 1.48. The van der Waals surface area contributed by atoms with Gasteiger partial charge in [-0.25, -0.2) is 0 Å². The van der Waals surface area contributed by atoms with Crippen LogP contribution in [0.4, 0.5) is 0 Å². The van der Waals surface area contributed by atoms with Crippen molar-refractivity contribution in [3.05, 3.63) is 40.6 Å². The van der Waals surface area contributed by atoms with Gasteiger partial charge in [-0.1, -0.05) is 19.1 Å². The fourth-order valence-corrected chi connectivity index (χ4v) is 4.32. The van der Waals surface area contributed by atoms with Gasteiger partial charge in [0.2, 0.25) is 5.91 Å². The van der Waals surface area contributed by atoms with Crippen LogP contribution in [-0.2, 0) is 11.3 Å². The molecule has 26 heavy (non-hydrogen) atoms. The van der Waals surface area contributed by atoms with Crippen molar-refractivity contribution < 1.29 is 9.53 Å². The van der Waals surface area contributed by atoms with E-state index in [1.54, 1.807) is 18.4 Å². The number of hydrogen-bond donors (Lipinski definition) is 2. The molecule has 1 aromatic heterocycles. The predicted octanol–water partition coefficient (Wildman–Crippen LogP) is 4.07. The molecule has 3 rings (SSSR count). The summed E-state index contributed by atoms with van der Waals surface area (Å²) in [5.74, 6) is 2.07. The molecule has 0 spiro atoms. The van der Waals surface area contributed by atoms with Crippen LogP contribution in [0.5, 0.6) is 5.75 Å². The van der Waals surface area contributed by atoms with Gasteiger partial charge in [-0.05, 0) is 72.5 Å². The van der Waals surface area contributed by atoms with E-state index in [2.05, 4.69) is 41.1 Å². The van der Waals surface area contributed by atoms with Gasteiger partial charge in [0.1, 0.15) is 5.75 Å². The molecule has 1 saturated heterocycles. The van der Waals surface area contributed by atoms with E-state index < -0.39 is 0 Å². The largest absolute Gasteiger partial charge is 0.497 e. The van der Waals surface area contributed by atoms with Crippen LogP contribution in [0, 0.1) is 11.8 Å². The monoisotopic (exact) mass is 372 g/mol. The van der Waals surface area contributed by atoms with Crippen molar-refractivity contribution >= 4 is 17.2 Å². The Labute approximate surface area is 160 Å². The Hall–Kier alpha value is -1.85. The summed E-state index contributed by atoms with van der Waals surface area (Å²) >= 11 is 1.69. The Bertz CT molecular complexity index is 705. The number of benzene rings is 1. The normalized spacial score (nSPS) is 18.3. The first-order valence-electron chi connectivity index (χ1n) is 9.35. The van der Waals surface area contributed by atoms with Gasteiger partial charge in [-0.15, -0.1) is 11.3 Å². The Morgan fingerprint density at radius 2 is 2.15 bits per heavy atom. The molecule has 4 nitrogen and oxygen atoms in total. The molecular formula is C21H28N2O2S. The summed E-state index contributed by atoms with van der Waals surface area (Å²) in [6, 6.07) is 10.2. The van der Waals surface area contributed by atoms with Gasteiger partial charge in [0.05, 0.1) is 13.7 Å². The van der Waals surface area contributed by atoms with Crippen molar-refractivity contribution in [3.8, 4) is 16.9 Å². The Kier molecular flexibility index (Phi) is 6.69. The summed E-state index contributed by atoms with van der Waals surface area (Å²) in [6.45, 7) is 4.97. The number of ether oxygens (including phenoxy) is 1. The molecule has 2 unspecified atom stereocenters. The minimum absolute atomic E-state index is 0.155. The van der Waals surface area contributed by atoms with E-state index in [0.717, 1.165) is 24.4 Å². The minimum atomic E-state index is 0.155. The highest BCUT2D eigenvalue weighted by Gasteiger charge is 2.21. The van der Waals surface area contributed by atoms with E-state index in [1.165, 1.54) is 23.3 Å². The second-order valence-corrected chi connectivity index (χ2v) is 8.09. The number of methoxy groups -OCH3 is 1. The first kappa shape index (κ1) is 18.9. The Morgan fingerprint density at radius 3 is 2.85 bits per heavy atom. The van der Waals surface area contributed by atoms with Gasteiger partial charge in [-0.3, -0.25) is 4.79 Å². The molecule has 2 atom stereocenters. The first-order valence-corrected chi connectivity index (χ1v) is 10.2. The lowest BCUT2D eigenvalue weighted by atomic mass is 9.85. The van der Waals surface area contributed by atoms with Gasteiger partial charge >= 0.3 is 0 Å². The van der Waals surface area contributed by atoms with Crippen LogP contribution >= 0.6 is 11.3 Å². The molecule has 1 aliphatic heterocycles. The fraction of sp³-hybridized carbons (Fsp3) is 0.476. The number of carbonyl (C=O) groups excluding carboxylic acids is 1. The van der Waals surface area contributed by atoms with Crippen LogP contribution in [-0.4, -0.2) is 26.1 Å². The molecule has 0 saturated carbocycles. The van der Waals surface area contributed by atoms with Crippen molar-refractivity contribution in [2.75, 3.05) is 20.2 Å². The van der Waals surface area contributed by atoms with Crippen LogP contribution < -0.4 is 15.4 Å². The predicted molar refractivity (Wildman–Crippen MR) is 108 cm³/mol. The maximum Gasteiger partial charge on any atom is 0.220 e. The first-order chi connectivity index (χ1) is 12.7. The topological polar surface area (TPSA) is 50.4 Å². The standard InChI is InChI=1S/C21H28N2O2S/c1-15(17-4-3-9-22-12-17)10-21(24)23-13-20-11-18(14-26-20)16-5-7-19(25-2)8-6-16/h5-8,11,14-15,17,22H,3-4,9-10,12-13H2,1-2H3,(H,23,24). The number of nitrogens with one attached hydrogen (secondary N) is 2. The molecule has 1 aromatic carbocycles. The van der Waals surface area contributed by atoms with E-state index >= 15 is 0 Å². The van der Waals surface area contributed by atoms with Gasteiger partial charge in [0.15, 0.2) is 0 Å². The van der Waals surface area contributed by atoms with E-state index in [0.29, 0.717) is 24.8 Å². The zero-order chi connectivity index (χ0) is 18.4. The van der Waals surface area contributed by atoms with E-state index in [-0.39, 0.29) is 5.91 Å². The van der Waals surface area contributed by atoms with Crippen LogP contribution in [0.3, 0.4) is 0 Å². The van der Waals surface area contributed by atoms with E-state index in [4.69, 9.17) is 4.74 Å². The van der Waals surface area contributed by atoms with Crippen LogP contribution in [0.1, 0.15) is 31.1 Å². The summed E-state index contributed by atoms with van der Waals surface area (Å²) in [6.07, 6.45) is 3.07. The lowest BCUT2D eigenvalue weighted by molar-refractivity contribution is -0.122. The second-order valence-electron chi connectivity index (χ2n) is 7.09. The van der Waals surface area contributed by atoms with Crippen LogP contribution in [0.2, 0.25) is 0 Å². The van der Waals surface area contributed by atoms with E-state index in [9.17, 15) is 4.79 Å². The second kappa shape index (κ2) is 9.19. The summed E-state index contributed by atoms with van der Waals surface area (Å²) in [7, 11) is 1.67. The minimum Gasteiger partial charge on any atom is -0.497 e. The average Bonchev–Trinajstić information content (AvgIpc) is 3.16. The molecule has 2 heterocycles. The molecule has 140 valence electrons. The lowest BCUT2D eigenvalue weighted by Gasteiger charge is -2.27. The van der Waals surface area contributed by atoms with E-state index in [1.807, 2.05) is 12.1 Å². The fourth-order valence-electron chi connectivity index (χ4n) is 3.49. The molecule has 2 N–H and O–H groups in total. The van der Waals surface area contributed by atoms with Crippen molar-refractivity contribution in [2.24, 2.45) is 11.8 Å². The van der Waals surface area contributed by atoms with Gasteiger partial charge < -0.3 is 15.4 Å². The third kappa shape index (κ3) is 5.08. The van der Waals surface area contributed by atoms with Gasteiger partial charge in [-0.2, -0.15) is 0 Å². The van der Waals surface area contributed by atoms with Crippen LogP contribution in [0.25, 0.3) is 11.1 Å². The maximum atomic E-state index is 12.3. The summed E-state index contributed by atoms with van der Waals surface area (Å²) in [5.41, 5.74) is 2.35. The number of rotatable bonds is 7. The number of hydrogen-bond acceptors (Lipinski definition) is 4. The van der Waals surface area contributed by atoms with Gasteiger partial charge in [0, 0.05) is 11.3 Å². The van der Waals surface area contributed by atoms with Crippen LogP contribution in [0.15, 0.2) is 35.7 Å². The molecule has 1 amide bonds. The molecule has 2 aromatic rings. The highest BCUT2D eigenvalue weighted by atomic mass is 32.1. The lowest BCUT2D eigenvalue weighted by Crippen LogP contribution is -2.35. The molecule has 1 fully saturated rings. The zero-order valence-electron chi connectivity index (χ0n) is 15.6. The van der Waals surface area contributed by atoms with Crippen molar-refractivity contribution in [1.29, 1.82) is 0 Å². The average molecular weight is 373 g/mol. The number of piperidine rings is 1. The highest BCUT2D eigenvalue weighted by Crippen LogP contribution is 2.27. The summed E-state index contributed by atoms with van der Waals surface area (Å²) in [5, 5.41) is 8.66. The quantitative estimate of drug-likeness (QED) is 0.770. The number of carbonyl (C=O) groups is 1. The number of amides is 1. The highest BCUT2D eigenvalue weighted by molar-refractivity contribution is 7.10. The third-order valence-corrected chi connectivity index (χ3v) is 6.12. The molecule has 5 heteroatoms. The molecular weight excluding hydrogens is 344 g/mol. The molecule has 1 aliphatic rings. The SMILES string of the molecule is COc1ccc(-c2csc(CNC(=O)CC(C)C3CCCNC3)c2)cc1. The zero-order valence-corrected chi connectivity index (χ0v) is 16.4. The Morgan fingerprint density at radius 1 is 1.35 bits per heavy atom. The molecule has 0 bridgehead atoms. The van der Waals surface area contributed by atoms with Gasteiger partial charge in [0.25, 0.3) is 0 Å². The summed E-state index contributed by atoms with van der Waals surface area (Å²) in [4.78, 5) is 13.5.